The van der Waals surface area contributed by atoms with Crippen molar-refractivity contribution in [3.63, 3.8) is 0 Å². The molecule has 0 unspecified atom stereocenters. The maximum absolute atomic E-state index is 9.96. The van der Waals surface area contributed by atoms with E-state index >= 15 is 0 Å². The highest BCUT2D eigenvalue weighted by Crippen LogP contribution is 2.58. The number of nitrogens with zero attached hydrogens (tertiary/aromatic N) is 4. The first-order chi connectivity index (χ1) is 28.1. The van der Waals surface area contributed by atoms with Crippen LogP contribution < -0.4 is 0 Å². The number of furan rings is 1. The normalized spacial score (nSPS) is 14.1. The van der Waals surface area contributed by atoms with Crippen molar-refractivity contribution in [2.45, 2.75) is 37.5 Å². The molecule has 0 N–H and O–H groups in total. The Balaban J connectivity index is 1.07. The summed E-state index contributed by atoms with van der Waals surface area (Å²) >= 11 is 0. The predicted molar refractivity (Wildman–Crippen MR) is 228 cm³/mol. The Kier molecular flexibility index (Phi) is 7.72. The van der Waals surface area contributed by atoms with Crippen LogP contribution in [-0.4, -0.2) is 15.0 Å². The van der Waals surface area contributed by atoms with Crippen molar-refractivity contribution < 1.29 is 4.42 Å². The first kappa shape index (κ1) is 33.2. The van der Waals surface area contributed by atoms with E-state index in [-0.39, 0.29) is 5.41 Å². The highest BCUT2D eigenvalue weighted by molar-refractivity contribution is 6.06. The second kappa shape index (κ2) is 13.3. The molecule has 11 rings (SSSR count). The van der Waals surface area contributed by atoms with Crippen molar-refractivity contribution in [1.82, 2.24) is 15.0 Å². The van der Waals surface area contributed by atoms with E-state index in [1.165, 1.54) is 41.5 Å². The molecule has 7 aromatic carbocycles. The molecule has 1 spiro atoms. The lowest BCUT2D eigenvalue weighted by Crippen LogP contribution is -2.28. The molecule has 5 heteroatoms. The summed E-state index contributed by atoms with van der Waals surface area (Å²) in [6, 6.07) is 57.2. The molecule has 2 aliphatic rings. The standard InChI is InChI=1S/C52H36N4O/c53-32-33-19-25-44-43(29-33)48-40(16-10-17-45(48)52(44)27-7-2-8-28-52)37-13-9-14-38(30-37)50-54-49(36-22-20-35(21-23-36)34-11-3-1-4-12-34)55-51(56-50)39-24-26-47-42(31-39)41-15-5-6-18-46(41)57-47/h1,3-6,9-26,29-31H,2,7-8,27-28H2. The van der Waals surface area contributed by atoms with Crippen LogP contribution in [0.2, 0.25) is 0 Å². The van der Waals surface area contributed by atoms with Gasteiger partial charge in [0.1, 0.15) is 11.2 Å². The van der Waals surface area contributed by atoms with Crippen molar-refractivity contribution in [2.24, 2.45) is 0 Å². The summed E-state index contributed by atoms with van der Waals surface area (Å²) in [7, 11) is 0. The van der Waals surface area contributed by atoms with Gasteiger partial charge in [0, 0.05) is 32.9 Å². The third-order valence-corrected chi connectivity index (χ3v) is 12.2. The van der Waals surface area contributed by atoms with Gasteiger partial charge >= 0.3 is 0 Å². The zero-order valence-corrected chi connectivity index (χ0v) is 31.2. The Bertz CT molecular complexity index is 3060. The monoisotopic (exact) mass is 732 g/mol. The second-order valence-electron chi connectivity index (χ2n) is 15.4. The predicted octanol–water partition coefficient (Wildman–Crippen LogP) is 13.2. The van der Waals surface area contributed by atoms with Crippen molar-refractivity contribution in [3.05, 3.63) is 174 Å². The number of aromatic nitrogens is 3. The Hall–Kier alpha value is -7.16. The third kappa shape index (κ3) is 5.48. The highest BCUT2D eigenvalue weighted by atomic mass is 16.3. The third-order valence-electron chi connectivity index (χ3n) is 12.2. The van der Waals surface area contributed by atoms with Crippen molar-refractivity contribution in [3.8, 4) is 73.6 Å². The van der Waals surface area contributed by atoms with Crippen LogP contribution in [0.3, 0.4) is 0 Å². The highest BCUT2D eigenvalue weighted by Gasteiger charge is 2.44. The summed E-state index contributed by atoms with van der Waals surface area (Å²) in [5, 5.41) is 12.0. The van der Waals surface area contributed by atoms with E-state index in [0.29, 0.717) is 23.0 Å². The van der Waals surface area contributed by atoms with Crippen molar-refractivity contribution in [1.29, 1.82) is 5.26 Å². The number of fused-ring (bicyclic) bond motifs is 8. The number of nitriles is 1. The van der Waals surface area contributed by atoms with Crippen LogP contribution >= 0.6 is 0 Å². The zero-order valence-electron chi connectivity index (χ0n) is 31.2. The summed E-state index contributed by atoms with van der Waals surface area (Å²) < 4.78 is 6.17. The van der Waals surface area contributed by atoms with Crippen molar-refractivity contribution in [2.75, 3.05) is 0 Å². The van der Waals surface area contributed by atoms with E-state index in [1.807, 2.05) is 42.5 Å². The van der Waals surface area contributed by atoms with E-state index in [9.17, 15) is 5.26 Å². The van der Waals surface area contributed by atoms with Gasteiger partial charge in [0.2, 0.25) is 0 Å². The average molecular weight is 733 g/mol. The SMILES string of the molecule is N#Cc1ccc2c(c1)-c1c(-c3cccc(-c4nc(-c5ccc(-c6ccccc6)cc5)nc(-c5ccc6oc7ccccc7c6c5)n4)c3)cccc1C21CCCCC1. The topological polar surface area (TPSA) is 75.6 Å². The lowest BCUT2D eigenvalue weighted by atomic mass is 9.67. The molecule has 0 radical (unpaired) electrons. The molecular weight excluding hydrogens is 697 g/mol. The van der Waals surface area contributed by atoms with E-state index < -0.39 is 0 Å². The van der Waals surface area contributed by atoms with Gasteiger partial charge in [-0.1, -0.05) is 135 Å². The molecule has 0 bridgehead atoms. The number of para-hydroxylation sites is 1. The van der Waals surface area contributed by atoms with Gasteiger partial charge in [-0.2, -0.15) is 5.26 Å². The van der Waals surface area contributed by atoms with Gasteiger partial charge in [0.05, 0.1) is 11.6 Å². The summed E-state index contributed by atoms with van der Waals surface area (Å²) in [5.74, 6) is 1.80. The summed E-state index contributed by atoms with van der Waals surface area (Å²) in [6.07, 6.45) is 5.95. The Labute approximate surface area is 331 Å². The maximum atomic E-state index is 9.96. The summed E-state index contributed by atoms with van der Waals surface area (Å²) in [5.41, 5.74) is 14.8. The maximum Gasteiger partial charge on any atom is 0.164 e. The smallest absolute Gasteiger partial charge is 0.164 e. The molecule has 1 saturated carbocycles. The second-order valence-corrected chi connectivity index (χ2v) is 15.4. The van der Waals surface area contributed by atoms with Gasteiger partial charge in [-0.3, -0.25) is 0 Å². The quantitative estimate of drug-likeness (QED) is 0.176. The van der Waals surface area contributed by atoms with Crippen LogP contribution in [0, 0.1) is 11.3 Å². The van der Waals surface area contributed by atoms with Crippen molar-refractivity contribution >= 4 is 21.9 Å². The molecule has 9 aromatic rings. The Morgan fingerprint density at radius 3 is 1.89 bits per heavy atom. The zero-order chi connectivity index (χ0) is 37.9. The molecular formula is C52H36N4O. The lowest BCUT2D eigenvalue weighted by molar-refractivity contribution is 0.353. The average Bonchev–Trinajstić information content (AvgIpc) is 3.79. The van der Waals surface area contributed by atoms with Gasteiger partial charge in [0.15, 0.2) is 17.5 Å². The summed E-state index contributed by atoms with van der Waals surface area (Å²) in [6.45, 7) is 0. The molecule has 1 fully saturated rings. The lowest BCUT2D eigenvalue weighted by Gasteiger charge is -2.36. The number of hydrogen-bond acceptors (Lipinski definition) is 5. The Morgan fingerprint density at radius 1 is 0.456 bits per heavy atom. The molecule has 0 saturated heterocycles. The minimum absolute atomic E-state index is 0.0139. The van der Waals surface area contributed by atoms with Gasteiger partial charge in [-0.05, 0) is 99.8 Å². The number of benzene rings is 7. The number of hydrogen-bond donors (Lipinski definition) is 0. The minimum atomic E-state index is -0.0139. The fourth-order valence-electron chi connectivity index (χ4n) is 9.46. The Morgan fingerprint density at radius 2 is 1.09 bits per heavy atom. The number of rotatable bonds is 5. The molecule has 0 amide bonds. The molecule has 0 aliphatic heterocycles. The van der Waals surface area contributed by atoms with Crippen LogP contribution in [0.5, 0.6) is 0 Å². The molecule has 2 aromatic heterocycles. The molecule has 2 aliphatic carbocycles. The first-order valence-corrected chi connectivity index (χ1v) is 19.8. The van der Waals surface area contributed by atoms with Crippen LogP contribution in [-0.2, 0) is 5.41 Å². The largest absolute Gasteiger partial charge is 0.456 e. The van der Waals surface area contributed by atoms with Crippen LogP contribution in [0.1, 0.15) is 48.8 Å². The molecule has 270 valence electrons. The van der Waals surface area contributed by atoms with Gasteiger partial charge in [0.25, 0.3) is 0 Å². The van der Waals surface area contributed by atoms with Crippen LogP contribution in [0.25, 0.3) is 89.5 Å². The van der Waals surface area contributed by atoms with E-state index in [2.05, 4.69) is 121 Å². The van der Waals surface area contributed by atoms with Crippen LogP contribution in [0.15, 0.2) is 162 Å². The van der Waals surface area contributed by atoms with E-state index in [0.717, 1.165) is 73.7 Å². The minimum Gasteiger partial charge on any atom is -0.456 e. The van der Waals surface area contributed by atoms with Gasteiger partial charge < -0.3 is 4.42 Å². The van der Waals surface area contributed by atoms with Crippen LogP contribution in [0.4, 0.5) is 0 Å². The molecule has 5 nitrogen and oxygen atoms in total. The molecule has 0 atom stereocenters. The van der Waals surface area contributed by atoms with Gasteiger partial charge in [-0.25, -0.2) is 15.0 Å². The van der Waals surface area contributed by atoms with Gasteiger partial charge in [-0.15, -0.1) is 0 Å². The first-order valence-electron chi connectivity index (χ1n) is 19.8. The fourth-order valence-corrected chi connectivity index (χ4v) is 9.46. The van der Waals surface area contributed by atoms with E-state index in [1.54, 1.807) is 0 Å². The summed E-state index contributed by atoms with van der Waals surface area (Å²) in [4.78, 5) is 15.5. The molecule has 57 heavy (non-hydrogen) atoms. The van der Waals surface area contributed by atoms with E-state index in [4.69, 9.17) is 19.4 Å². The fraction of sp³-hybridized carbons (Fsp3) is 0.115. The molecule has 2 heterocycles.